The SMILES string of the molecule is Cc1noc(C)c1C1=CC(C2CCC(F)(F)CC2)CC=C1. The average Bonchev–Trinajstić information content (AvgIpc) is 2.78. The van der Waals surface area contributed by atoms with E-state index < -0.39 is 5.92 Å². The molecule has 4 heteroatoms. The molecular weight excluding hydrogens is 272 g/mol. The van der Waals surface area contributed by atoms with Gasteiger partial charge in [0.05, 0.1) is 5.69 Å². The van der Waals surface area contributed by atoms with E-state index in [9.17, 15) is 8.78 Å². The van der Waals surface area contributed by atoms with E-state index in [1.807, 2.05) is 13.8 Å². The Morgan fingerprint density at radius 1 is 1.24 bits per heavy atom. The number of aromatic nitrogens is 1. The van der Waals surface area contributed by atoms with E-state index in [2.05, 4.69) is 23.4 Å². The van der Waals surface area contributed by atoms with Gasteiger partial charge in [0, 0.05) is 18.4 Å². The third kappa shape index (κ3) is 2.94. The molecule has 21 heavy (non-hydrogen) atoms. The van der Waals surface area contributed by atoms with Gasteiger partial charge in [0.25, 0.3) is 0 Å². The topological polar surface area (TPSA) is 26.0 Å². The smallest absolute Gasteiger partial charge is 0.248 e. The fourth-order valence-electron chi connectivity index (χ4n) is 3.59. The fraction of sp³-hybridized carbons (Fsp3) is 0.588. The van der Waals surface area contributed by atoms with E-state index in [0.29, 0.717) is 24.7 Å². The van der Waals surface area contributed by atoms with Gasteiger partial charge < -0.3 is 4.52 Å². The second kappa shape index (κ2) is 5.39. The van der Waals surface area contributed by atoms with Crippen molar-refractivity contribution in [1.82, 2.24) is 5.16 Å². The number of alkyl halides is 2. The highest BCUT2D eigenvalue weighted by Crippen LogP contribution is 2.42. The first kappa shape index (κ1) is 14.5. The number of hydrogen-bond donors (Lipinski definition) is 0. The fourth-order valence-corrected chi connectivity index (χ4v) is 3.59. The molecule has 1 aromatic heterocycles. The third-order valence-electron chi connectivity index (χ3n) is 4.79. The highest BCUT2D eigenvalue weighted by atomic mass is 19.3. The third-order valence-corrected chi connectivity index (χ3v) is 4.79. The van der Waals surface area contributed by atoms with E-state index in [1.165, 1.54) is 0 Å². The van der Waals surface area contributed by atoms with Gasteiger partial charge in [-0.05, 0) is 50.5 Å². The highest BCUT2D eigenvalue weighted by molar-refractivity contribution is 5.77. The number of allylic oxidation sites excluding steroid dienone is 4. The minimum atomic E-state index is -2.45. The van der Waals surface area contributed by atoms with Crippen molar-refractivity contribution in [3.8, 4) is 0 Å². The predicted molar refractivity (Wildman–Crippen MR) is 78.1 cm³/mol. The van der Waals surface area contributed by atoms with Crippen molar-refractivity contribution < 1.29 is 13.3 Å². The summed E-state index contributed by atoms with van der Waals surface area (Å²) >= 11 is 0. The van der Waals surface area contributed by atoms with Crippen molar-refractivity contribution in [3.63, 3.8) is 0 Å². The van der Waals surface area contributed by atoms with Crippen LogP contribution in [0.3, 0.4) is 0 Å². The van der Waals surface area contributed by atoms with Crippen LogP contribution in [0, 0.1) is 25.7 Å². The van der Waals surface area contributed by atoms with Gasteiger partial charge in [0.15, 0.2) is 0 Å². The van der Waals surface area contributed by atoms with Gasteiger partial charge in [-0.3, -0.25) is 0 Å². The summed E-state index contributed by atoms with van der Waals surface area (Å²) in [7, 11) is 0. The molecule has 1 unspecified atom stereocenters. The lowest BCUT2D eigenvalue weighted by Gasteiger charge is -2.33. The molecule has 3 rings (SSSR count). The van der Waals surface area contributed by atoms with E-state index in [1.54, 1.807) is 0 Å². The molecule has 114 valence electrons. The van der Waals surface area contributed by atoms with Gasteiger partial charge in [-0.1, -0.05) is 23.4 Å². The summed E-state index contributed by atoms with van der Waals surface area (Å²) in [4.78, 5) is 0. The Morgan fingerprint density at radius 3 is 2.57 bits per heavy atom. The normalized spacial score (nSPS) is 25.9. The van der Waals surface area contributed by atoms with Crippen LogP contribution in [0.2, 0.25) is 0 Å². The van der Waals surface area contributed by atoms with Gasteiger partial charge >= 0.3 is 0 Å². The monoisotopic (exact) mass is 293 g/mol. The summed E-state index contributed by atoms with van der Waals surface area (Å²) in [6, 6.07) is 0. The molecular formula is C17H21F2NO. The molecule has 1 heterocycles. The van der Waals surface area contributed by atoms with Crippen LogP contribution in [0.4, 0.5) is 8.78 Å². The van der Waals surface area contributed by atoms with Gasteiger partial charge in [-0.25, -0.2) is 8.78 Å². The maximum absolute atomic E-state index is 13.3. The Balaban J connectivity index is 1.79. The maximum Gasteiger partial charge on any atom is 0.248 e. The molecule has 1 aromatic rings. The summed E-state index contributed by atoms with van der Waals surface area (Å²) < 4.78 is 31.8. The van der Waals surface area contributed by atoms with Gasteiger partial charge in [-0.15, -0.1) is 0 Å². The molecule has 0 aromatic carbocycles. The molecule has 1 atom stereocenters. The van der Waals surface area contributed by atoms with Crippen LogP contribution in [0.5, 0.6) is 0 Å². The second-order valence-electron chi connectivity index (χ2n) is 6.32. The molecule has 2 aliphatic carbocycles. The first-order valence-electron chi connectivity index (χ1n) is 7.66. The Bertz CT molecular complexity index is 556. The van der Waals surface area contributed by atoms with Crippen molar-refractivity contribution in [2.75, 3.05) is 0 Å². The molecule has 0 aliphatic heterocycles. The minimum Gasteiger partial charge on any atom is -0.361 e. The average molecular weight is 293 g/mol. The van der Waals surface area contributed by atoms with Crippen LogP contribution in [0.25, 0.3) is 5.57 Å². The van der Waals surface area contributed by atoms with Gasteiger partial charge in [0.1, 0.15) is 5.76 Å². The molecule has 0 bridgehead atoms. The molecule has 1 fully saturated rings. The number of hydrogen-bond acceptors (Lipinski definition) is 2. The van der Waals surface area contributed by atoms with Crippen molar-refractivity contribution in [2.45, 2.75) is 51.9 Å². The minimum absolute atomic E-state index is 0.0341. The molecule has 0 N–H and O–H groups in total. The summed E-state index contributed by atoms with van der Waals surface area (Å²) in [5.74, 6) is -0.908. The Kier molecular flexibility index (Phi) is 3.72. The zero-order valence-corrected chi connectivity index (χ0v) is 12.5. The van der Waals surface area contributed by atoms with Crippen molar-refractivity contribution in [1.29, 1.82) is 0 Å². The zero-order valence-electron chi connectivity index (χ0n) is 12.5. The molecule has 0 amide bonds. The number of halogens is 2. The van der Waals surface area contributed by atoms with Crippen LogP contribution in [-0.2, 0) is 0 Å². The quantitative estimate of drug-likeness (QED) is 0.760. The molecule has 1 saturated carbocycles. The zero-order chi connectivity index (χ0) is 15.0. The Hall–Kier alpha value is -1.45. The number of nitrogens with zero attached hydrogens (tertiary/aromatic N) is 1. The lowest BCUT2D eigenvalue weighted by molar-refractivity contribution is -0.0498. The summed E-state index contributed by atoms with van der Waals surface area (Å²) in [6.07, 6.45) is 8.75. The molecule has 0 spiro atoms. The first-order valence-corrected chi connectivity index (χ1v) is 7.66. The summed E-state index contributed by atoms with van der Waals surface area (Å²) in [5.41, 5.74) is 3.07. The van der Waals surface area contributed by atoms with Crippen molar-refractivity contribution >= 4 is 5.57 Å². The van der Waals surface area contributed by atoms with Crippen LogP contribution in [0.1, 0.15) is 49.1 Å². The summed E-state index contributed by atoms with van der Waals surface area (Å²) in [5, 5.41) is 4.00. The molecule has 0 radical (unpaired) electrons. The van der Waals surface area contributed by atoms with Crippen LogP contribution >= 0.6 is 0 Å². The predicted octanol–water partition coefficient (Wildman–Crippen LogP) is 5.08. The van der Waals surface area contributed by atoms with E-state index in [0.717, 1.165) is 29.0 Å². The van der Waals surface area contributed by atoms with Crippen LogP contribution in [0.15, 0.2) is 22.8 Å². The second-order valence-corrected chi connectivity index (χ2v) is 6.32. The first-order chi connectivity index (χ1) is 9.96. The molecule has 2 nitrogen and oxygen atoms in total. The van der Waals surface area contributed by atoms with Crippen LogP contribution < -0.4 is 0 Å². The van der Waals surface area contributed by atoms with Crippen molar-refractivity contribution in [3.05, 3.63) is 35.2 Å². The van der Waals surface area contributed by atoms with Crippen molar-refractivity contribution in [2.24, 2.45) is 11.8 Å². The van der Waals surface area contributed by atoms with Gasteiger partial charge in [-0.2, -0.15) is 0 Å². The number of aryl methyl sites for hydroxylation is 2. The highest BCUT2D eigenvalue weighted by Gasteiger charge is 2.37. The summed E-state index contributed by atoms with van der Waals surface area (Å²) in [6.45, 7) is 3.85. The van der Waals surface area contributed by atoms with E-state index >= 15 is 0 Å². The molecule has 2 aliphatic rings. The van der Waals surface area contributed by atoms with Crippen LogP contribution in [-0.4, -0.2) is 11.1 Å². The largest absolute Gasteiger partial charge is 0.361 e. The van der Waals surface area contributed by atoms with E-state index in [4.69, 9.17) is 4.52 Å². The lowest BCUT2D eigenvalue weighted by atomic mass is 9.75. The van der Waals surface area contributed by atoms with Gasteiger partial charge in [0.2, 0.25) is 5.92 Å². The van der Waals surface area contributed by atoms with E-state index in [-0.39, 0.29) is 12.8 Å². The number of rotatable bonds is 2. The Labute approximate surface area is 123 Å². The standard InChI is InChI=1S/C17H21F2NO/c1-11-16(12(2)21-20-11)15-5-3-4-14(10-15)13-6-8-17(18,19)9-7-13/h3,5,10,13-14H,4,6-9H2,1-2H3. The maximum atomic E-state index is 13.3. The molecule has 0 saturated heterocycles. The lowest BCUT2D eigenvalue weighted by Crippen LogP contribution is -2.28. The Morgan fingerprint density at radius 2 is 1.95 bits per heavy atom.